The molecule has 1 unspecified atom stereocenters. The highest BCUT2D eigenvalue weighted by Crippen LogP contribution is 2.21. The standard InChI is InChI=1S/C17H21NO2S/c1-3-7-17(15-8-5-4-6-9-15)18-21(19,20)16-12-10-14(2)11-13-16/h4-6,8-13,17-18H,3,7H2,1-2H3. The van der Waals surface area contributed by atoms with Gasteiger partial charge in [-0.1, -0.05) is 61.4 Å². The van der Waals surface area contributed by atoms with Gasteiger partial charge in [0.15, 0.2) is 0 Å². The molecule has 0 amide bonds. The fourth-order valence-corrected chi connectivity index (χ4v) is 3.50. The summed E-state index contributed by atoms with van der Waals surface area (Å²) < 4.78 is 27.8. The van der Waals surface area contributed by atoms with Gasteiger partial charge in [0.2, 0.25) is 10.0 Å². The largest absolute Gasteiger partial charge is 0.241 e. The van der Waals surface area contributed by atoms with Crippen molar-refractivity contribution in [3.8, 4) is 0 Å². The molecule has 0 spiro atoms. The van der Waals surface area contributed by atoms with Gasteiger partial charge in [0.05, 0.1) is 4.90 Å². The molecule has 0 saturated heterocycles. The molecule has 0 saturated carbocycles. The molecule has 1 atom stereocenters. The lowest BCUT2D eigenvalue weighted by molar-refractivity contribution is 0.536. The number of nitrogens with one attached hydrogen (secondary N) is 1. The maximum Gasteiger partial charge on any atom is 0.241 e. The van der Waals surface area contributed by atoms with Crippen LogP contribution in [0.2, 0.25) is 0 Å². The molecule has 0 bridgehead atoms. The van der Waals surface area contributed by atoms with E-state index < -0.39 is 10.0 Å². The molecule has 21 heavy (non-hydrogen) atoms. The Kier molecular flexibility index (Phi) is 5.15. The predicted molar refractivity (Wildman–Crippen MR) is 85.6 cm³/mol. The zero-order valence-electron chi connectivity index (χ0n) is 12.4. The minimum absolute atomic E-state index is 0.192. The molecule has 112 valence electrons. The minimum atomic E-state index is -3.50. The number of aryl methyl sites for hydroxylation is 1. The van der Waals surface area contributed by atoms with Gasteiger partial charge in [-0.3, -0.25) is 0 Å². The first kappa shape index (κ1) is 15.7. The van der Waals surface area contributed by atoms with Gasteiger partial charge in [-0.25, -0.2) is 13.1 Å². The average molecular weight is 303 g/mol. The molecule has 2 rings (SSSR count). The molecule has 4 heteroatoms. The van der Waals surface area contributed by atoms with Gasteiger partial charge >= 0.3 is 0 Å². The van der Waals surface area contributed by atoms with Gasteiger partial charge < -0.3 is 0 Å². The predicted octanol–water partition coefficient (Wildman–Crippen LogP) is 3.81. The van der Waals surface area contributed by atoms with Crippen LogP contribution >= 0.6 is 0 Å². The molecule has 0 radical (unpaired) electrons. The molecule has 2 aromatic rings. The van der Waals surface area contributed by atoms with Crippen LogP contribution in [-0.4, -0.2) is 8.42 Å². The summed E-state index contributed by atoms with van der Waals surface area (Å²) in [6.07, 6.45) is 1.69. The second kappa shape index (κ2) is 6.87. The molecule has 0 aliphatic carbocycles. The van der Waals surface area contributed by atoms with Crippen LogP contribution < -0.4 is 4.72 Å². The fraction of sp³-hybridized carbons (Fsp3) is 0.294. The lowest BCUT2D eigenvalue weighted by Gasteiger charge is -2.18. The van der Waals surface area contributed by atoms with Crippen molar-refractivity contribution in [3.63, 3.8) is 0 Å². The van der Waals surface area contributed by atoms with Crippen LogP contribution in [0.1, 0.15) is 36.9 Å². The maximum absolute atomic E-state index is 12.5. The normalized spacial score (nSPS) is 13.0. The van der Waals surface area contributed by atoms with E-state index in [1.165, 1.54) is 0 Å². The van der Waals surface area contributed by atoms with E-state index in [0.717, 1.165) is 24.0 Å². The lowest BCUT2D eigenvalue weighted by Crippen LogP contribution is -2.28. The van der Waals surface area contributed by atoms with Crippen LogP contribution in [0.5, 0.6) is 0 Å². The van der Waals surface area contributed by atoms with E-state index in [9.17, 15) is 8.42 Å². The van der Waals surface area contributed by atoms with Gasteiger partial charge in [0.25, 0.3) is 0 Å². The summed E-state index contributed by atoms with van der Waals surface area (Å²) in [5.74, 6) is 0. The Morgan fingerprint density at radius 2 is 1.62 bits per heavy atom. The van der Waals surface area contributed by atoms with Gasteiger partial charge in [-0.15, -0.1) is 0 Å². The number of benzene rings is 2. The molecular weight excluding hydrogens is 282 g/mol. The quantitative estimate of drug-likeness (QED) is 0.882. The summed E-state index contributed by atoms with van der Waals surface area (Å²) >= 11 is 0. The van der Waals surface area contributed by atoms with E-state index in [1.807, 2.05) is 49.4 Å². The SMILES string of the molecule is CCCC(NS(=O)(=O)c1ccc(C)cc1)c1ccccc1. The van der Waals surface area contributed by atoms with Crippen molar-refractivity contribution in [1.82, 2.24) is 4.72 Å². The number of sulfonamides is 1. The van der Waals surface area contributed by atoms with Gasteiger partial charge in [-0.05, 0) is 31.0 Å². The molecule has 2 aromatic carbocycles. The topological polar surface area (TPSA) is 46.2 Å². The Balaban J connectivity index is 2.25. The summed E-state index contributed by atoms with van der Waals surface area (Å²) in [7, 11) is -3.50. The highest BCUT2D eigenvalue weighted by molar-refractivity contribution is 7.89. The molecule has 3 nitrogen and oxygen atoms in total. The second-order valence-electron chi connectivity index (χ2n) is 5.19. The zero-order valence-corrected chi connectivity index (χ0v) is 13.2. The third kappa shape index (κ3) is 4.16. The van der Waals surface area contributed by atoms with Crippen LogP contribution in [0.15, 0.2) is 59.5 Å². The van der Waals surface area contributed by atoms with Crippen molar-refractivity contribution in [2.45, 2.75) is 37.6 Å². The average Bonchev–Trinajstić information content (AvgIpc) is 2.48. The first-order valence-electron chi connectivity index (χ1n) is 7.17. The van der Waals surface area contributed by atoms with E-state index in [0.29, 0.717) is 4.90 Å². The zero-order chi connectivity index (χ0) is 15.3. The highest BCUT2D eigenvalue weighted by Gasteiger charge is 2.20. The summed E-state index contributed by atoms with van der Waals surface area (Å²) in [4.78, 5) is 0.310. The molecule has 0 aromatic heterocycles. The van der Waals surface area contributed by atoms with E-state index >= 15 is 0 Å². The van der Waals surface area contributed by atoms with Gasteiger partial charge in [-0.2, -0.15) is 0 Å². The van der Waals surface area contributed by atoms with E-state index in [1.54, 1.807) is 12.1 Å². The van der Waals surface area contributed by atoms with Crippen molar-refractivity contribution >= 4 is 10.0 Å². The Morgan fingerprint density at radius 1 is 1.00 bits per heavy atom. The summed E-state index contributed by atoms with van der Waals surface area (Å²) in [6, 6.07) is 16.4. The van der Waals surface area contributed by atoms with Crippen molar-refractivity contribution in [1.29, 1.82) is 0 Å². The molecule has 0 fully saturated rings. The monoisotopic (exact) mass is 303 g/mol. The van der Waals surface area contributed by atoms with E-state index in [2.05, 4.69) is 11.6 Å². The second-order valence-corrected chi connectivity index (χ2v) is 6.90. The Labute approximate surface area is 127 Å². The summed E-state index contributed by atoms with van der Waals surface area (Å²) in [6.45, 7) is 3.99. The first-order valence-corrected chi connectivity index (χ1v) is 8.65. The van der Waals surface area contributed by atoms with Crippen LogP contribution in [0.3, 0.4) is 0 Å². The number of rotatable bonds is 6. The van der Waals surface area contributed by atoms with Crippen LogP contribution in [0.25, 0.3) is 0 Å². The molecule has 1 N–H and O–H groups in total. The van der Waals surface area contributed by atoms with Crippen molar-refractivity contribution < 1.29 is 8.42 Å². The first-order chi connectivity index (χ1) is 10.0. The summed E-state index contributed by atoms with van der Waals surface area (Å²) in [5.41, 5.74) is 2.04. The Morgan fingerprint density at radius 3 is 2.19 bits per heavy atom. The Bertz CT molecular complexity index is 664. The van der Waals surface area contributed by atoms with Crippen LogP contribution in [0, 0.1) is 6.92 Å². The van der Waals surface area contributed by atoms with E-state index in [4.69, 9.17) is 0 Å². The minimum Gasteiger partial charge on any atom is -0.207 e. The van der Waals surface area contributed by atoms with Crippen molar-refractivity contribution in [2.24, 2.45) is 0 Å². The van der Waals surface area contributed by atoms with Gasteiger partial charge in [0.1, 0.15) is 0 Å². The Hall–Kier alpha value is -1.65. The fourth-order valence-electron chi connectivity index (χ4n) is 2.24. The van der Waals surface area contributed by atoms with Crippen LogP contribution in [0.4, 0.5) is 0 Å². The molecule has 0 heterocycles. The third-order valence-corrected chi connectivity index (χ3v) is 4.90. The molecule has 0 aliphatic rings. The van der Waals surface area contributed by atoms with Crippen molar-refractivity contribution in [3.05, 3.63) is 65.7 Å². The van der Waals surface area contributed by atoms with Crippen molar-refractivity contribution in [2.75, 3.05) is 0 Å². The van der Waals surface area contributed by atoms with Gasteiger partial charge in [0, 0.05) is 6.04 Å². The molecular formula is C17H21NO2S. The maximum atomic E-state index is 12.5. The third-order valence-electron chi connectivity index (χ3n) is 3.41. The molecule has 0 aliphatic heterocycles. The van der Waals surface area contributed by atoms with E-state index in [-0.39, 0.29) is 6.04 Å². The lowest BCUT2D eigenvalue weighted by atomic mass is 10.0. The smallest absolute Gasteiger partial charge is 0.207 e. The highest BCUT2D eigenvalue weighted by atomic mass is 32.2. The number of hydrogen-bond acceptors (Lipinski definition) is 2. The number of hydrogen-bond donors (Lipinski definition) is 1. The van der Waals surface area contributed by atoms with Crippen LogP contribution in [-0.2, 0) is 10.0 Å². The summed E-state index contributed by atoms with van der Waals surface area (Å²) in [5, 5.41) is 0.